The van der Waals surface area contributed by atoms with Crippen molar-refractivity contribution in [3.05, 3.63) is 57.9 Å². The molecule has 0 atom stereocenters. The lowest BCUT2D eigenvalue weighted by molar-refractivity contribution is 0.0546. The average molecular weight is 399 g/mol. The van der Waals surface area contributed by atoms with Crippen LogP contribution in [-0.4, -0.2) is 46.3 Å². The van der Waals surface area contributed by atoms with Gasteiger partial charge in [-0.1, -0.05) is 17.7 Å². The van der Waals surface area contributed by atoms with Gasteiger partial charge >= 0.3 is 5.97 Å². The van der Waals surface area contributed by atoms with E-state index in [0.717, 1.165) is 5.56 Å². The van der Waals surface area contributed by atoms with Gasteiger partial charge < -0.3 is 14.2 Å². The average Bonchev–Trinajstić information content (AvgIpc) is 2.87. The molecule has 2 aromatic rings. The molecule has 2 rings (SSSR count). The molecule has 0 saturated heterocycles. The lowest BCUT2D eigenvalue weighted by Crippen LogP contribution is -2.48. The SMILES string of the molecule is COC(=O)c1c(C)c(C(=O)CN(C(=O)c2ccc(C)cc2)C(C)(C)C)c(C)n1C. The van der Waals surface area contributed by atoms with Crippen LogP contribution in [0, 0.1) is 20.8 Å². The Bertz CT molecular complexity index is 947. The molecule has 6 nitrogen and oxygen atoms in total. The first kappa shape index (κ1) is 22.4. The quantitative estimate of drug-likeness (QED) is 0.566. The van der Waals surface area contributed by atoms with Crippen molar-refractivity contribution in [2.75, 3.05) is 13.7 Å². The molecular weight excluding hydrogens is 368 g/mol. The molecule has 0 aliphatic heterocycles. The summed E-state index contributed by atoms with van der Waals surface area (Å²) in [6.07, 6.45) is 0. The molecule has 0 N–H and O–H groups in total. The van der Waals surface area contributed by atoms with Crippen LogP contribution in [0.1, 0.15) is 68.8 Å². The van der Waals surface area contributed by atoms with Gasteiger partial charge in [-0.2, -0.15) is 0 Å². The molecule has 0 spiro atoms. The third kappa shape index (κ3) is 4.42. The van der Waals surface area contributed by atoms with Crippen molar-refractivity contribution in [3.63, 3.8) is 0 Å². The van der Waals surface area contributed by atoms with Crippen molar-refractivity contribution in [2.45, 2.75) is 47.1 Å². The molecule has 0 unspecified atom stereocenters. The predicted molar refractivity (Wildman–Crippen MR) is 113 cm³/mol. The minimum absolute atomic E-state index is 0.0808. The molecule has 0 aliphatic rings. The van der Waals surface area contributed by atoms with E-state index in [1.165, 1.54) is 7.11 Å². The fraction of sp³-hybridized carbons (Fsp3) is 0.435. The zero-order valence-corrected chi connectivity index (χ0v) is 18.5. The summed E-state index contributed by atoms with van der Waals surface area (Å²) < 4.78 is 6.52. The topological polar surface area (TPSA) is 68.6 Å². The molecule has 0 fully saturated rings. The Balaban J connectivity index is 2.43. The van der Waals surface area contributed by atoms with Crippen LogP contribution in [0.4, 0.5) is 0 Å². The molecule has 0 bridgehead atoms. The largest absolute Gasteiger partial charge is 0.464 e. The van der Waals surface area contributed by atoms with Gasteiger partial charge in [0.25, 0.3) is 5.91 Å². The second-order valence-corrected chi connectivity index (χ2v) is 8.34. The fourth-order valence-electron chi connectivity index (χ4n) is 3.46. The molecule has 1 amide bonds. The van der Waals surface area contributed by atoms with E-state index in [2.05, 4.69) is 0 Å². The summed E-state index contributed by atoms with van der Waals surface area (Å²) in [5.41, 5.74) is 3.09. The summed E-state index contributed by atoms with van der Waals surface area (Å²) in [6, 6.07) is 7.30. The number of rotatable bonds is 5. The van der Waals surface area contributed by atoms with E-state index in [4.69, 9.17) is 4.74 Å². The Morgan fingerprint density at radius 3 is 2.07 bits per heavy atom. The highest BCUT2D eigenvalue weighted by Gasteiger charge is 2.32. The number of hydrogen-bond acceptors (Lipinski definition) is 4. The maximum absolute atomic E-state index is 13.3. The van der Waals surface area contributed by atoms with Crippen molar-refractivity contribution < 1.29 is 19.1 Å². The fourth-order valence-corrected chi connectivity index (χ4v) is 3.46. The number of benzene rings is 1. The molecule has 0 radical (unpaired) electrons. The second-order valence-electron chi connectivity index (χ2n) is 8.34. The van der Waals surface area contributed by atoms with Gasteiger partial charge in [0.2, 0.25) is 0 Å². The zero-order chi connectivity index (χ0) is 22.1. The van der Waals surface area contributed by atoms with Crippen LogP contribution in [0.3, 0.4) is 0 Å². The lowest BCUT2D eigenvalue weighted by Gasteiger charge is -2.35. The lowest BCUT2D eigenvalue weighted by atomic mass is 10.00. The van der Waals surface area contributed by atoms with Gasteiger partial charge in [-0.25, -0.2) is 4.79 Å². The summed E-state index contributed by atoms with van der Waals surface area (Å²) in [4.78, 5) is 40.1. The maximum atomic E-state index is 13.3. The summed E-state index contributed by atoms with van der Waals surface area (Å²) in [5, 5.41) is 0. The predicted octanol–water partition coefficient (Wildman–Crippen LogP) is 3.86. The minimum Gasteiger partial charge on any atom is -0.464 e. The number of aromatic nitrogens is 1. The van der Waals surface area contributed by atoms with Crippen molar-refractivity contribution in [1.29, 1.82) is 0 Å². The number of hydrogen-bond donors (Lipinski definition) is 0. The van der Waals surface area contributed by atoms with Crippen LogP contribution in [-0.2, 0) is 11.8 Å². The van der Waals surface area contributed by atoms with Crippen LogP contribution < -0.4 is 0 Å². The standard InChI is InChI=1S/C23H30N2O4/c1-14-9-11-17(12-10-14)21(27)25(23(4,5)6)13-18(26)19-15(2)20(22(28)29-8)24(7)16(19)3/h9-12H,13H2,1-8H3. The number of methoxy groups -OCH3 is 1. The zero-order valence-electron chi connectivity index (χ0n) is 18.5. The number of amides is 1. The van der Waals surface area contributed by atoms with Crippen molar-refractivity contribution in [2.24, 2.45) is 7.05 Å². The third-order valence-corrected chi connectivity index (χ3v) is 5.24. The third-order valence-electron chi connectivity index (χ3n) is 5.24. The Hall–Kier alpha value is -2.89. The van der Waals surface area contributed by atoms with Crippen LogP contribution in [0.5, 0.6) is 0 Å². The highest BCUT2D eigenvalue weighted by Crippen LogP contribution is 2.25. The van der Waals surface area contributed by atoms with E-state index in [1.807, 2.05) is 39.8 Å². The van der Waals surface area contributed by atoms with Gasteiger partial charge in [-0.3, -0.25) is 9.59 Å². The molecule has 0 saturated carbocycles. The van der Waals surface area contributed by atoms with E-state index in [1.54, 1.807) is 42.5 Å². The van der Waals surface area contributed by atoms with Crippen molar-refractivity contribution >= 4 is 17.7 Å². The Labute approximate surface area is 172 Å². The highest BCUT2D eigenvalue weighted by molar-refractivity contribution is 6.06. The number of carbonyl (C=O) groups is 3. The van der Waals surface area contributed by atoms with Crippen molar-refractivity contribution in [1.82, 2.24) is 9.47 Å². The van der Waals surface area contributed by atoms with Crippen LogP contribution in [0.2, 0.25) is 0 Å². The summed E-state index contributed by atoms with van der Waals surface area (Å²) in [6.45, 7) is 11.1. The molecule has 0 aliphatic carbocycles. The van der Waals surface area contributed by atoms with E-state index in [-0.39, 0.29) is 18.2 Å². The molecule has 29 heavy (non-hydrogen) atoms. The van der Waals surface area contributed by atoms with Gasteiger partial charge in [0.05, 0.1) is 13.7 Å². The molecule has 6 heteroatoms. The number of nitrogens with zero attached hydrogens (tertiary/aromatic N) is 2. The molecule has 156 valence electrons. The van der Waals surface area contributed by atoms with Crippen molar-refractivity contribution in [3.8, 4) is 0 Å². The first-order valence-corrected chi connectivity index (χ1v) is 9.56. The first-order valence-electron chi connectivity index (χ1n) is 9.56. The smallest absolute Gasteiger partial charge is 0.354 e. The van der Waals surface area contributed by atoms with Gasteiger partial charge in [-0.15, -0.1) is 0 Å². The van der Waals surface area contributed by atoms with Gasteiger partial charge in [0.1, 0.15) is 5.69 Å². The highest BCUT2D eigenvalue weighted by atomic mass is 16.5. The van der Waals surface area contributed by atoms with E-state index in [0.29, 0.717) is 28.1 Å². The van der Waals surface area contributed by atoms with Crippen LogP contribution >= 0.6 is 0 Å². The number of esters is 1. The van der Waals surface area contributed by atoms with Gasteiger partial charge in [0, 0.05) is 29.4 Å². The monoisotopic (exact) mass is 398 g/mol. The molecule has 1 heterocycles. The van der Waals surface area contributed by atoms with Gasteiger partial charge in [0.15, 0.2) is 5.78 Å². The summed E-state index contributed by atoms with van der Waals surface area (Å²) >= 11 is 0. The number of ether oxygens (including phenoxy) is 1. The normalized spacial score (nSPS) is 11.3. The number of aryl methyl sites for hydroxylation is 1. The Kier molecular flexibility index (Phi) is 6.36. The first-order chi connectivity index (χ1) is 13.4. The van der Waals surface area contributed by atoms with Crippen LogP contribution in [0.25, 0.3) is 0 Å². The molecule has 1 aromatic carbocycles. The molecular formula is C23H30N2O4. The Morgan fingerprint density at radius 1 is 1.03 bits per heavy atom. The summed E-state index contributed by atoms with van der Waals surface area (Å²) in [7, 11) is 3.04. The molecule has 1 aromatic heterocycles. The number of ketones is 1. The second kappa shape index (κ2) is 8.23. The maximum Gasteiger partial charge on any atom is 0.354 e. The minimum atomic E-state index is -0.556. The Morgan fingerprint density at radius 2 is 1.59 bits per heavy atom. The summed E-state index contributed by atoms with van der Waals surface area (Å²) in [5.74, 6) is -0.901. The van der Waals surface area contributed by atoms with E-state index >= 15 is 0 Å². The van der Waals surface area contributed by atoms with E-state index < -0.39 is 11.5 Å². The van der Waals surface area contributed by atoms with Gasteiger partial charge in [-0.05, 0) is 59.2 Å². The number of carbonyl (C=O) groups excluding carboxylic acids is 3. The number of Topliss-reactive ketones (excluding diaryl/α,β-unsaturated/α-hetero) is 1. The van der Waals surface area contributed by atoms with E-state index in [9.17, 15) is 14.4 Å². The van der Waals surface area contributed by atoms with Crippen LogP contribution in [0.15, 0.2) is 24.3 Å².